The number of rotatable bonds is 7. The quantitative estimate of drug-likeness (QED) is 0.782. The summed E-state index contributed by atoms with van der Waals surface area (Å²) in [6.45, 7) is 7.68. The predicted octanol–water partition coefficient (Wildman–Crippen LogP) is 2.14. The highest BCUT2D eigenvalue weighted by Gasteiger charge is 2.22. The summed E-state index contributed by atoms with van der Waals surface area (Å²) in [7, 11) is 0. The van der Waals surface area contributed by atoms with Crippen LogP contribution < -0.4 is 5.32 Å². The van der Waals surface area contributed by atoms with Gasteiger partial charge in [-0.05, 0) is 32.9 Å². The molecule has 2 rings (SSSR count). The first-order valence-corrected chi connectivity index (χ1v) is 8.18. The minimum Gasteiger partial charge on any atom is -0.466 e. The summed E-state index contributed by atoms with van der Waals surface area (Å²) in [5.41, 5.74) is 0.787. The first-order chi connectivity index (χ1) is 9.72. The normalized spacial score (nSPS) is 19.2. The van der Waals surface area contributed by atoms with Gasteiger partial charge < -0.3 is 10.1 Å². The highest BCUT2D eigenvalue weighted by atomic mass is 32.1. The van der Waals surface area contributed by atoms with Crippen LogP contribution in [0.5, 0.6) is 0 Å². The van der Waals surface area contributed by atoms with Crippen LogP contribution >= 0.6 is 11.3 Å². The summed E-state index contributed by atoms with van der Waals surface area (Å²) in [4.78, 5) is 18.3. The number of esters is 1. The molecule has 1 aromatic heterocycles. The van der Waals surface area contributed by atoms with Crippen molar-refractivity contribution in [3.8, 4) is 0 Å². The fraction of sp³-hybridized carbons (Fsp3) is 0.714. The van der Waals surface area contributed by atoms with Crippen molar-refractivity contribution < 1.29 is 9.53 Å². The number of thiazole rings is 1. The van der Waals surface area contributed by atoms with Gasteiger partial charge in [0.15, 0.2) is 5.13 Å². The van der Waals surface area contributed by atoms with Crippen molar-refractivity contribution in [2.45, 2.75) is 39.2 Å². The Kier molecular flexibility index (Phi) is 5.79. The SMILES string of the molecule is CCOC(=O)Cc1csc(NCC2CCCN2CC)n1. The van der Waals surface area contributed by atoms with E-state index in [0.29, 0.717) is 12.6 Å². The Hall–Kier alpha value is -1.14. The standard InChI is InChI=1S/C14H23N3O2S/c1-3-17-7-5-6-12(17)9-15-14-16-11(10-20-14)8-13(18)19-4-2/h10,12H,3-9H2,1-2H3,(H,15,16). The van der Waals surface area contributed by atoms with Gasteiger partial charge in [-0.15, -0.1) is 11.3 Å². The first-order valence-electron chi connectivity index (χ1n) is 7.30. The van der Waals surface area contributed by atoms with Gasteiger partial charge in [0.25, 0.3) is 0 Å². The number of hydrogen-bond donors (Lipinski definition) is 1. The van der Waals surface area contributed by atoms with Gasteiger partial charge in [-0.3, -0.25) is 9.69 Å². The minimum absolute atomic E-state index is 0.211. The van der Waals surface area contributed by atoms with Crippen LogP contribution in [0, 0.1) is 0 Å². The molecule has 0 saturated carbocycles. The molecule has 6 heteroatoms. The molecule has 0 bridgehead atoms. The molecular weight excluding hydrogens is 274 g/mol. The van der Waals surface area contributed by atoms with Gasteiger partial charge >= 0.3 is 5.97 Å². The highest BCUT2D eigenvalue weighted by Crippen LogP contribution is 2.20. The number of nitrogens with zero attached hydrogens (tertiary/aromatic N) is 2. The number of nitrogens with one attached hydrogen (secondary N) is 1. The van der Waals surface area contributed by atoms with Crippen LogP contribution in [-0.2, 0) is 16.0 Å². The fourth-order valence-electron chi connectivity index (χ4n) is 2.58. The third-order valence-corrected chi connectivity index (χ3v) is 4.43. The molecular formula is C14H23N3O2S. The first kappa shape index (κ1) is 15.3. The lowest BCUT2D eigenvalue weighted by atomic mass is 10.2. The Morgan fingerprint density at radius 3 is 3.20 bits per heavy atom. The summed E-state index contributed by atoms with van der Waals surface area (Å²) in [5.74, 6) is -0.211. The van der Waals surface area contributed by atoms with Crippen molar-refractivity contribution in [1.82, 2.24) is 9.88 Å². The van der Waals surface area contributed by atoms with Crippen LogP contribution in [0.25, 0.3) is 0 Å². The number of anilines is 1. The number of likely N-dealkylation sites (N-methyl/N-ethyl adjacent to an activating group) is 1. The van der Waals surface area contributed by atoms with E-state index in [1.165, 1.54) is 19.4 Å². The second kappa shape index (κ2) is 7.59. The van der Waals surface area contributed by atoms with Crippen LogP contribution in [-0.4, -0.2) is 48.1 Å². The topological polar surface area (TPSA) is 54.5 Å². The summed E-state index contributed by atoms with van der Waals surface area (Å²) in [5, 5.41) is 6.21. The van der Waals surface area contributed by atoms with E-state index in [4.69, 9.17) is 4.74 Å². The molecule has 0 spiro atoms. The van der Waals surface area contributed by atoms with E-state index >= 15 is 0 Å². The van der Waals surface area contributed by atoms with Crippen molar-refractivity contribution in [3.63, 3.8) is 0 Å². The zero-order valence-electron chi connectivity index (χ0n) is 12.2. The summed E-state index contributed by atoms with van der Waals surface area (Å²) in [6, 6.07) is 0.609. The molecule has 20 heavy (non-hydrogen) atoms. The largest absolute Gasteiger partial charge is 0.466 e. The van der Waals surface area contributed by atoms with Crippen molar-refractivity contribution >= 4 is 22.4 Å². The molecule has 0 aliphatic carbocycles. The number of carbonyl (C=O) groups is 1. The van der Waals surface area contributed by atoms with Crippen molar-refractivity contribution in [1.29, 1.82) is 0 Å². The molecule has 1 aromatic rings. The van der Waals surface area contributed by atoms with Crippen molar-refractivity contribution in [2.24, 2.45) is 0 Å². The number of likely N-dealkylation sites (tertiary alicyclic amines) is 1. The van der Waals surface area contributed by atoms with Crippen molar-refractivity contribution in [2.75, 3.05) is 31.6 Å². The van der Waals surface area contributed by atoms with Gasteiger partial charge in [0, 0.05) is 18.0 Å². The molecule has 1 aliphatic rings. The second-order valence-corrected chi connectivity index (χ2v) is 5.79. The number of aromatic nitrogens is 1. The molecule has 2 heterocycles. The second-order valence-electron chi connectivity index (χ2n) is 4.93. The van der Waals surface area contributed by atoms with Crippen LogP contribution in [0.1, 0.15) is 32.4 Å². The van der Waals surface area contributed by atoms with Gasteiger partial charge in [0.2, 0.25) is 0 Å². The molecule has 1 fully saturated rings. The fourth-order valence-corrected chi connectivity index (χ4v) is 3.30. The zero-order chi connectivity index (χ0) is 14.4. The highest BCUT2D eigenvalue weighted by molar-refractivity contribution is 7.13. The van der Waals surface area contributed by atoms with Crippen LogP contribution in [0.15, 0.2) is 5.38 Å². The molecule has 1 aliphatic heterocycles. The lowest BCUT2D eigenvalue weighted by molar-refractivity contribution is -0.142. The molecule has 1 N–H and O–H groups in total. The monoisotopic (exact) mass is 297 g/mol. The molecule has 5 nitrogen and oxygen atoms in total. The van der Waals surface area contributed by atoms with E-state index in [0.717, 1.165) is 23.9 Å². The maximum Gasteiger partial charge on any atom is 0.311 e. The smallest absolute Gasteiger partial charge is 0.311 e. The molecule has 0 aromatic carbocycles. The third kappa shape index (κ3) is 4.18. The average molecular weight is 297 g/mol. The predicted molar refractivity (Wildman–Crippen MR) is 81.2 cm³/mol. The number of hydrogen-bond acceptors (Lipinski definition) is 6. The van der Waals surface area contributed by atoms with Crippen molar-refractivity contribution in [3.05, 3.63) is 11.1 Å². The van der Waals surface area contributed by atoms with E-state index < -0.39 is 0 Å². The van der Waals surface area contributed by atoms with E-state index in [1.807, 2.05) is 12.3 Å². The Bertz CT molecular complexity index is 436. The van der Waals surface area contributed by atoms with Gasteiger partial charge in [-0.25, -0.2) is 4.98 Å². The maximum atomic E-state index is 11.4. The Morgan fingerprint density at radius 2 is 2.45 bits per heavy atom. The Labute approximate surface area is 124 Å². The molecule has 1 unspecified atom stereocenters. The molecule has 112 valence electrons. The molecule has 0 radical (unpaired) electrons. The van der Waals surface area contributed by atoms with Gasteiger partial charge in [0.1, 0.15) is 0 Å². The van der Waals surface area contributed by atoms with Gasteiger partial charge in [-0.1, -0.05) is 6.92 Å². The zero-order valence-corrected chi connectivity index (χ0v) is 13.0. The molecule has 0 amide bonds. The van der Waals surface area contributed by atoms with Crippen LogP contribution in [0.3, 0.4) is 0 Å². The molecule has 1 atom stereocenters. The summed E-state index contributed by atoms with van der Waals surface area (Å²) in [6.07, 6.45) is 2.80. The van der Waals surface area contributed by atoms with E-state index in [-0.39, 0.29) is 12.4 Å². The number of carbonyl (C=O) groups excluding carboxylic acids is 1. The van der Waals surface area contributed by atoms with E-state index in [9.17, 15) is 4.79 Å². The summed E-state index contributed by atoms with van der Waals surface area (Å²) >= 11 is 1.55. The summed E-state index contributed by atoms with van der Waals surface area (Å²) < 4.78 is 4.92. The van der Waals surface area contributed by atoms with E-state index in [1.54, 1.807) is 11.3 Å². The van der Waals surface area contributed by atoms with Crippen LogP contribution in [0.2, 0.25) is 0 Å². The minimum atomic E-state index is -0.211. The third-order valence-electron chi connectivity index (χ3n) is 3.58. The average Bonchev–Trinajstić information content (AvgIpc) is 3.05. The lowest BCUT2D eigenvalue weighted by Crippen LogP contribution is -2.34. The maximum absolute atomic E-state index is 11.4. The Balaban J connectivity index is 1.79. The van der Waals surface area contributed by atoms with Gasteiger partial charge in [-0.2, -0.15) is 0 Å². The van der Waals surface area contributed by atoms with Crippen LogP contribution in [0.4, 0.5) is 5.13 Å². The van der Waals surface area contributed by atoms with E-state index in [2.05, 4.69) is 22.1 Å². The molecule has 1 saturated heterocycles. The lowest BCUT2D eigenvalue weighted by Gasteiger charge is -2.22. The Morgan fingerprint density at radius 1 is 1.60 bits per heavy atom. The number of ether oxygens (including phenoxy) is 1. The van der Waals surface area contributed by atoms with Gasteiger partial charge in [0.05, 0.1) is 18.7 Å².